The number of benzene rings is 2. The molecule has 1 aliphatic heterocycles. The van der Waals surface area contributed by atoms with Gasteiger partial charge in [0, 0.05) is 43.6 Å². The van der Waals surface area contributed by atoms with Crippen molar-refractivity contribution in [1.29, 1.82) is 0 Å². The number of amides is 1. The first-order chi connectivity index (χ1) is 14.4. The minimum Gasteiger partial charge on any atom is -0.497 e. The average molecular weight is 412 g/mol. The van der Waals surface area contributed by atoms with Crippen LogP contribution >= 0.6 is 0 Å². The smallest absolute Gasteiger partial charge is 0.338 e. The van der Waals surface area contributed by atoms with Gasteiger partial charge in [-0.3, -0.25) is 9.69 Å². The van der Waals surface area contributed by atoms with Gasteiger partial charge in [0.2, 0.25) is 5.91 Å². The van der Waals surface area contributed by atoms with Gasteiger partial charge in [-0.2, -0.15) is 0 Å². The first-order valence-electron chi connectivity index (χ1n) is 10.2. The summed E-state index contributed by atoms with van der Waals surface area (Å²) >= 11 is 0. The third-order valence-electron chi connectivity index (χ3n) is 4.91. The van der Waals surface area contributed by atoms with Gasteiger partial charge in [0.1, 0.15) is 5.75 Å². The summed E-state index contributed by atoms with van der Waals surface area (Å²) in [5.41, 5.74) is 2.26. The van der Waals surface area contributed by atoms with Gasteiger partial charge in [-0.1, -0.05) is 6.07 Å². The summed E-state index contributed by atoms with van der Waals surface area (Å²) in [5, 5.41) is 2.89. The first kappa shape index (κ1) is 21.6. The van der Waals surface area contributed by atoms with E-state index in [4.69, 9.17) is 9.47 Å². The number of esters is 1. The van der Waals surface area contributed by atoms with Crippen molar-refractivity contribution in [3.05, 3.63) is 54.1 Å². The van der Waals surface area contributed by atoms with E-state index in [0.29, 0.717) is 17.8 Å². The van der Waals surface area contributed by atoms with E-state index in [1.165, 1.54) is 0 Å². The Balaban J connectivity index is 1.46. The Kier molecular flexibility index (Phi) is 7.30. The highest BCUT2D eigenvalue weighted by Crippen LogP contribution is 2.22. The molecule has 1 aliphatic rings. The fourth-order valence-corrected chi connectivity index (χ4v) is 3.35. The van der Waals surface area contributed by atoms with Crippen molar-refractivity contribution in [3.63, 3.8) is 0 Å². The molecule has 0 unspecified atom stereocenters. The number of hydrogen-bond acceptors (Lipinski definition) is 6. The zero-order chi connectivity index (χ0) is 21.5. The zero-order valence-electron chi connectivity index (χ0n) is 17.8. The maximum absolute atomic E-state index is 12.4. The number of carbonyl (C=O) groups excluding carboxylic acids is 2. The van der Waals surface area contributed by atoms with Gasteiger partial charge in [-0.15, -0.1) is 0 Å². The molecule has 0 bridgehead atoms. The van der Waals surface area contributed by atoms with E-state index >= 15 is 0 Å². The average Bonchev–Trinajstić information content (AvgIpc) is 2.74. The largest absolute Gasteiger partial charge is 0.497 e. The van der Waals surface area contributed by atoms with Crippen molar-refractivity contribution < 1.29 is 19.1 Å². The molecule has 1 N–H and O–H groups in total. The topological polar surface area (TPSA) is 71.1 Å². The number of hydrogen-bond donors (Lipinski definition) is 1. The van der Waals surface area contributed by atoms with Crippen molar-refractivity contribution in [3.8, 4) is 5.75 Å². The predicted octanol–water partition coefficient (Wildman–Crippen LogP) is 3.02. The second kappa shape index (κ2) is 10.1. The molecule has 7 heteroatoms. The second-order valence-electron chi connectivity index (χ2n) is 7.54. The van der Waals surface area contributed by atoms with Crippen molar-refractivity contribution in [2.45, 2.75) is 20.0 Å². The lowest BCUT2D eigenvalue weighted by molar-refractivity contribution is -0.117. The highest BCUT2D eigenvalue weighted by molar-refractivity contribution is 5.94. The van der Waals surface area contributed by atoms with Gasteiger partial charge in [0.25, 0.3) is 0 Å². The van der Waals surface area contributed by atoms with Gasteiger partial charge in [-0.05, 0) is 50.2 Å². The Morgan fingerprint density at radius 2 is 1.73 bits per heavy atom. The standard InChI is InChI=1S/C23H29N3O4/c1-17(2)30-23(28)18-7-9-19(10-8-18)24-22(27)16-25-11-13-26(14-12-25)20-5-4-6-21(15-20)29-3/h4-10,15,17H,11-14,16H2,1-3H3,(H,24,27). The Morgan fingerprint density at radius 1 is 1.03 bits per heavy atom. The lowest BCUT2D eigenvalue weighted by atomic mass is 10.2. The molecule has 160 valence electrons. The third kappa shape index (κ3) is 5.97. The normalized spacial score (nSPS) is 14.5. The number of ether oxygens (including phenoxy) is 2. The number of piperazine rings is 1. The fraction of sp³-hybridized carbons (Fsp3) is 0.391. The second-order valence-corrected chi connectivity index (χ2v) is 7.54. The third-order valence-corrected chi connectivity index (χ3v) is 4.91. The zero-order valence-corrected chi connectivity index (χ0v) is 17.8. The van der Waals surface area contributed by atoms with Crippen molar-refractivity contribution in [2.75, 3.05) is 50.1 Å². The van der Waals surface area contributed by atoms with Crippen LogP contribution in [0.3, 0.4) is 0 Å². The van der Waals surface area contributed by atoms with E-state index in [0.717, 1.165) is 37.6 Å². The van der Waals surface area contributed by atoms with Crippen LogP contribution in [0.1, 0.15) is 24.2 Å². The summed E-state index contributed by atoms with van der Waals surface area (Å²) in [6, 6.07) is 14.8. The van der Waals surface area contributed by atoms with Crippen LogP contribution in [0.2, 0.25) is 0 Å². The summed E-state index contributed by atoms with van der Waals surface area (Å²) in [5.74, 6) is 0.414. The molecule has 30 heavy (non-hydrogen) atoms. The Bertz CT molecular complexity index is 859. The molecule has 0 atom stereocenters. The summed E-state index contributed by atoms with van der Waals surface area (Å²) in [6.45, 7) is 7.28. The summed E-state index contributed by atoms with van der Waals surface area (Å²) in [7, 11) is 1.67. The molecule has 1 amide bonds. The van der Waals surface area contributed by atoms with E-state index in [1.54, 1.807) is 31.4 Å². The van der Waals surface area contributed by atoms with E-state index in [-0.39, 0.29) is 18.0 Å². The Hall–Kier alpha value is -3.06. The number of nitrogens with zero attached hydrogens (tertiary/aromatic N) is 2. The van der Waals surface area contributed by atoms with E-state index in [1.807, 2.05) is 32.0 Å². The molecule has 0 radical (unpaired) electrons. The molecule has 0 saturated carbocycles. The van der Waals surface area contributed by atoms with Gasteiger partial charge < -0.3 is 19.7 Å². The predicted molar refractivity (Wildman–Crippen MR) is 117 cm³/mol. The lowest BCUT2D eigenvalue weighted by Crippen LogP contribution is -2.48. The van der Waals surface area contributed by atoms with Gasteiger partial charge in [0.15, 0.2) is 0 Å². The summed E-state index contributed by atoms with van der Waals surface area (Å²) in [6.07, 6.45) is -0.165. The van der Waals surface area contributed by atoms with Crippen LogP contribution in [0.15, 0.2) is 48.5 Å². The summed E-state index contributed by atoms with van der Waals surface area (Å²) in [4.78, 5) is 28.7. The minimum absolute atomic E-state index is 0.0673. The SMILES string of the molecule is COc1cccc(N2CCN(CC(=O)Nc3ccc(C(=O)OC(C)C)cc3)CC2)c1. The van der Waals surface area contributed by atoms with Crippen LogP contribution in [-0.2, 0) is 9.53 Å². The van der Waals surface area contributed by atoms with E-state index in [9.17, 15) is 9.59 Å². The molecule has 0 spiro atoms. The molecule has 1 saturated heterocycles. The highest BCUT2D eigenvalue weighted by atomic mass is 16.5. The van der Waals surface area contributed by atoms with Gasteiger partial charge in [0.05, 0.1) is 25.3 Å². The quantitative estimate of drug-likeness (QED) is 0.707. The molecule has 3 rings (SSSR count). The monoisotopic (exact) mass is 411 g/mol. The minimum atomic E-state index is -0.364. The molecular formula is C23H29N3O4. The lowest BCUT2D eigenvalue weighted by Gasteiger charge is -2.35. The van der Waals surface area contributed by atoms with Gasteiger partial charge in [-0.25, -0.2) is 4.79 Å². The van der Waals surface area contributed by atoms with Crippen LogP contribution in [0.25, 0.3) is 0 Å². The van der Waals surface area contributed by atoms with Crippen molar-refractivity contribution in [1.82, 2.24) is 4.90 Å². The molecule has 0 aromatic heterocycles. The highest BCUT2D eigenvalue weighted by Gasteiger charge is 2.19. The van der Waals surface area contributed by atoms with Gasteiger partial charge >= 0.3 is 5.97 Å². The fourth-order valence-electron chi connectivity index (χ4n) is 3.35. The van der Waals surface area contributed by atoms with Crippen LogP contribution < -0.4 is 15.0 Å². The molecule has 2 aromatic carbocycles. The first-order valence-corrected chi connectivity index (χ1v) is 10.2. The molecule has 0 aliphatic carbocycles. The van der Waals surface area contributed by atoms with Crippen molar-refractivity contribution in [2.24, 2.45) is 0 Å². The number of carbonyl (C=O) groups is 2. The van der Waals surface area contributed by atoms with E-state index in [2.05, 4.69) is 21.2 Å². The number of rotatable bonds is 7. The maximum Gasteiger partial charge on any atom is 0.338 e. The molecule has 2 aromatic rings. The Labute approximate surface area is 177 Å². The maximum atomic E-state index is 12.4. The molecule has 1 fully saturated rings. The van der Waals surface area contributed by atoms with Crippen LogP contribution in [0.5, 0.6) is 5.75 Å². The van der Waals surface area contributed by atoms with E-state index < -0.39 is 0 Å². The van der Waals surface area contributed by atoms with Crippen molar-refractivity contribution >= 4 is 23.3 Å². The molecular weight excluding hydrogens is 382 g/mol. The number of methoxy groups -OCH3 is 1. The van der Waals surface area contributed by atoms with Crippen LogP contribution in [0, 0.1) is 0 Å². The number of nitrogens with one attached hydrogen (secondary N) is 1. The molecule has 7 nitrogen and oxygen atoms in total. The molecule has 1 heterocycles. The van der Waals surface area contributed by atoms with Crippen LogP contribution in [0.4, 0.5) is 11.4 Å². The number of anilines is 2. The van der Waals surface area contributed by atoms with Crippen LogP contribution in [-0.4, -0.2) is 62.7 Å². The summed E-state index contributed by atoms with van der Waals surface area (Å²) < 4.78 is 10.5. The Morgan fingerprint density at radius 3 is 2.37 bits per heavy atom.